The molecule has 6 nitrogen and oxygen atoms in total. The van der Waals surface area contributed by atoms with Crippen LogP contribution in [0.5, 0.6) is 5.75 Å². The second-order valence-electron chi connectivity index (χ2n) is 6.04. The average molecular weight is 460 g/mol. The number of nitrogens with zero attached hydrogens (tertiary/aromatic N) is 3. The number of halogens is 1. The van der Waals surface area contributed by atoms with Crippen LogP contribution in [0.4, 0.5) is 0 Å². The van der Waals surface area contributed by atoms with Gasteiger partial charge in [-0.15, -0.1) is 10.2 Å². The molecule has 0 aliphatic heterocycles. The van der Waals surface area contributed by atoms with Crippen LogP contribution in [0.2, 0.25) is 0 Å². The zero-order chi connectivity index (χ0) is 20.1. The van der Waals surface area contributed by atoms with E-state index in [2.05, 4.69) is 26.1 Å². The monoisotopic (exact) mass is 459 g/mol. The molecule has 0 aliphatic carbocycles. The van der Waals surface area contributed by atoms with E-state index < -0.39 is 0 Å². The van der Waals surface area contributed by atoms with Crippen molar-refractivity contribution in [3.05, 3.63) is 58.6 Å². The molecule has 0 spiro atoms. The molecule has 0 saturated carbocycles. The van der Waals surface area contributed by atoms with Gasteiger partial charge in [0.05, 0.1) is 19.4 Å². The zero-order valence-corrected chi connectivity index (χ0v) is 17.8. The van der Waals surface area contributed by atoms with Gasteiger partial charge in [-0.1, -0.05) is 39.8 Å². The van der Waals surface area contributed by atoms with Crippen molar-refractivity contribution in [3.8, 4) is 17.1 Å². The first kappa shape index (κ1) is 20.3. The van der Waals surface area contributed by atoms with Crippen LogP contribution in [0, 0.1) is 0 Å². The third-order valence-corrected chi connectivity index (χ3v) is 5.44. The van der Waals surface area contributed by atoms with E-state index in [1.807, 2.05) is 24.3 Å². The van der Waals surface area contributed by atoms with Crippen molar-refractivity contribution < 1.29 is 14.3 Å². The molecule has 0 amide bonds. The lowest BCUT2D eigenvalue weighted by molar-refractivity contribution is -0.117. The molecule has 1 aromatic heterocycles. The highest BCUT2D eigenvalue weighted by molar-refractivity contribution is 9.10. The van der Waals surface area contributed by atoms with E-state index in [1.54, 1.807) is 35.9 Å². The van der Waals surface area contributed by atoms with E-state index in [-0.39, 0.29) is 23.9 Å². The molecule has 3 aromatic rings. The van der Waals surface area contributed by atoms with Gasteiger partial charge < -0.3 is 4.74 Å². The fourth-order valence-electron chi connectivity index (χ4n) is 2.56. The lowest BCUT2D eigenvalue weighted by Crippen LogP contribution is -2.10. The number of Topliss-reactive ketones (excluding diaryl/α,β-unsaturated/α-hetero) is 2. The zero-order valence-electron chi connectivity index (χ0n) is 15.4. The number of benzene rings is 2. The van der Waals surface area contributed by atoms with Crippen molar-refractivity contribution in [2.75, 3.05) is 12.9 Å². The van der Waals surface area contributed by atoms with Crippen LogP contribution in [-0.2, 0) is 11.3 Å². The number of hydrogen-bond donors (Lipinski definition) is 0. The van der Waals surface area contributed by atoms with Crippen LogP contribution in [0.3, 0.4) is 0 Å². The Morgan fingerprint density at radius 2 is 1.75 bits per heavy atom. The van der Waals surface area contributed by atoms with Gasteiger partial charge in [-0.25, -0.2) is 0 Å². The Hall–Kier alpha value is -2.45. The lowest BCUT2D eigenvalue weighted by atomic mass is 10.1. The van der Waals surface area contributed by atoms with Crippen molar-refractivity contribution in [2.45, 2.75) is 18.6 Å². The van der Waals surface area contributed by atoms with Crippen molar-refractivity contribution >= 4 is 39.3 Å². The van der Waals surface area contributed by atoms with Gasteiger partial charge in [0.15, 0.2) is 16.8 Å². The Balaban J connectivity index is 1.80. The average Bonchev–Trinajstić information content (AvgIpc) is 3.08. The molecule has 0 saturated heterocycles. The Morgan fingerprint density at radius 1 is 1.07 bits per heavy atom. The van der Waals surface area contributed by atoms with Crippen LogP contribution in [0.15, 0.2) is 58.2 Å². The second-order valence-corrected chi connectivity index (χ2v) is 7.90. The quantitative estimate of drug-likeness (QED) is 0.369. The van der Waals surface area contributed by atoms with Gasteiger partial charge in [0.25, 0.3) is 0 Å². The highest BCUT2D eigenvalue weighted by atomic mass is 79.9. The van der Waals surface area contributed by atoms with Crippen molar-refractivity contribution in [2.24, 2.45) is 0 Å². The molecule has 3 rings (SSSR count). The van der Waals surface area contributed by atoms with Gasteiger partial charge in [-0.2, -0.15) is 0 Å². The molecule has 0 aliphatic rings. The number of thioether (sulfide) groups is 1. The molecule has 2 aromatic carbocycles. The number of hydrogen-bond acceptors (Lipinski definition) is 6. The SMILES string of the molecule is COc1ccc(C(=O)CSc2nnc(-c3ccc(Br)cc3)n2CC(C)=O)cc1. The fourth-order valence-corrected chi connectivity index (χ4v) is 3.66. The first-order valence-electron chi connectivity index (χ1n) is 8.46. The van der Waals surface area contributed by atoms with Crippen LogP contribution in [-0.4, -0.2) is 39.2 Å². The van der Waals surface area contributed by atoms with E-state index in [1.165, 1.54) is 18.7 Å². The Kier molecular flexibility index (Phi) is 6.64. The summed E-state index contributed by atoms with van der Waals surface area (Å²) in [6.07, 6.45) is 0. The fraction of sp³-hybridized carbons (Fsp3) is 0.200. The summed E-state index contributed by atoms with van der Waals surface area (Å²) in [5.74, 6) is 1.45. The first-order valence-corrected chi connectivity index (χ1v) is 10.2. The van der Waals surface area contributed by atoms with E-state index in [4.69, 9.17) is 4.74 Å². The van der Waals surface area contributed by atoms with Gasteiger partial charge in [0, 0.05) is 15.6 Å². The third kappa shape index (κ3) is 4.88. The van der Waals surface area contributed by atoms with Crippen LogP contribution < -0.4 is 4.74 Å². The Morgan fingerprint density at radius 3 is 2.36 bits per heavy atom. The van der Waals surface area contributed by atoms with Gasteiger partial charge in [-0.3, -0.25) is 14.2 Å². The summed E-state index contributed by atoms with van der Waals surface area (Å²) in [7, 11) is 1.58. The maximum Gasteiger partial charge on any atom is 0.192 e. The van der Waals surface area contributed by atoms with Crippen molar-refractivity contribution in [1.29, 1.82) is 0 Å². The number of ether oxygens (including phenoxy) is 1. The highest BCUT2D eigenvalue weighted by Gasteiger charge is 2.17. The number of carbonyl (C=O) groups is 2. The summed E-state index contributed by atoms with van der Waals surface area (Å²) in [6.45, 7) is 1.67. The topological polar surface area (TPSA) is 74.1 Å². The van der Waals surface area contributed by atoms with E-state index in [9.17, 15) is 9.59 Å². The number of ketones is 2. The minimum absolute atomic E-state index is 0.0125. The molecular formula is C20H18BrN3O3S. The minimum atomic E-state index is -0.0322. The van der Waals surface area contributed by atoms with Crippen LogP contribution in [0.1, 0.15) is 17.3 Å². The summed E-state index contributed by atoms with van der Waals surface area (Å²) < 4.78 is 7.81. The summed E-state index contributed by atoms with van der Waals surface area (Å²) in [5.41, 5.74) is 1.45. The predicted octanol–water partition coefficient (Wildman–Crippen LogP) is 4.28. The maximum atomic E-state index is 12.5. The minimum Gasteiger partial charge on any atom is -0.497 e. The summed E-state index contributed by atoms with van der Waals surface area (Å²) in [4.78, 5) is 24.2. The largest absolute Gasteiger partial charge is 0.497 e. The molecule has 0 bridgehead atoms. The molecule has 144 valence electrons. The third-order valence-electron chi connectivity index (χ3n) is 3.94. The van der Waals surface area contributed by atoms with E-state index in [0.717, 1.165) is 10.0 Å². The van der Waals surface area contributed by atoms with Crippen LogP contribution >= 0.6 is 27.7 Å². The van der Waals surface area contributed by atoms with E-state index in [0.29, 0.717) is 22.3 Å². The highest BCUT2D eigenvalue weighted by Crippen LogP contribution is 2.26. The standard InChI is InChI=1S/C20H18BrN3O3S/c1-13(25)11-24-19(15-3-7-16(21)8-4-15)22-23-20(24)28-12-18(26)14-5-9-17(27-2)10-6-14/h3-10H,11-12H2,1-2H3. The number of rotatable bonds is 8. The molecular weight excluding hydrogens is 442 g/mol. The molecule has 0 fully saturated rings. The first-order chi connectivity index (χ1) is 13.5. The van der Waals surface area contributed by atoms with Gasteiger partial charge in [-0.05, 0) is 43.3 Å². The summed E-state index contributed by atoms with van der Waals surface area (Å²) in [6, 6.07) is 14.6. The molecule has 0 atom stereocenters. The maximum absolute atomic E-state index is 12.5. The van der Waals surface area contributed by atoms with Crippen molar-refractivity contribution in [1.82, 2.24) is 14.8 Å². The Labute approximate surface area is 175 Å². The van der Waals surface area contributed by atoms with Gasteiger partial charge >= 0.3 is 0 Å². The molecule has 0 N–H and O–H groups in total. The smallest absolute Gasteiger partial charge is 0.192 e. The van der Waals surface area contributed by atoms with Crippen LogP contribution in [0.25, 0.3) is 11.4 Å². The molecule has 1 heterocycles. The second kappa shape index (κ2) is 9.16. The Bertz CT molecular complexity index is 985. The summed E-state index contributed by atoms with van der Waals surface area (Å²) >= 11 is 4.68. The molecule has 8 heteroatoms. The van der Waals surface area contributed by atoms with Gasteiger partial charge in [0.2, 0.25) is 0 Å². The molecule has 28 heavy (non-hydrogen) atoms. The normalized spacial score (nSPS) is 10.7. The molecule has 0 radical (unpaired) electrons. The number of carbonyl (C=O) groups excluding carboxylic acids is 2. The summed E-state index contributed by atoms with van der Waals surface area (Å²) in [5, 5.41) is 8.98. The number of aromatic nitrogens is 3. The number of methoxy groups -OCH3 is 1. The van der Waals surface area contributed by atoms with Gasteiger partial charge in [0.1, 0.15) is 11.5 Å². The molecule has 0 unspecified atom stereocenters. The van der Waals surface area contributed by atoms with Crippen molar-refractivity contribution in [3.63, 3.8) is 0 Å². The lowest BCUT2D eigenvalue weighted by Gasteiger charge is -2.08. The predicted molar refractivity (Wildman–Crippen MR) is 112 cm³/mol. The van der Waals surface area contributed by atoms with E-state index >= 15 is 0 Å².